The topological polar surface area (TPSA) is 41.6 Å². The van der Waals surface area contributed by atoms with Crippen LogP contribution in [-0.4, -0.2) is 46.1 Å². The molecule has 1 rings (SSSR count). The van der Waals surface area contributed by atoms with Gasteiger partial charge in [-0.1, -0.05) is 48.7 Å². The van der Waals surface area contributed by atoms with Crippen molar-refractivity contribution >= 4 is 40.7 Å². The summed E-state index contributed by atoms with van der Waals surface area (Å²) in [4.78, 5) is 13.9. The molecule has 1 aliphatic rings. The van der Waals surface area contributed by atoms with Gasteiger partial charge >= 0.3 is 0 Å². The Morgan fingerprint density at radius 1 is 1.30 bits per heavy atom. The minimum atomic E-state index is -1.58. The number of nitrogens with one attached hydrogen (secondary N) is 1. The molecule has 0 aromatic carbocycles. The van der Waals surface area contributed by atoms with Gasteiger partial charge in [-0.25, -0.2) is 0 Å². The number of carbonyl (C=O) groups excluding carboxylic acids is 1. The molecule has 1 aliphatic heterocycles. The van der Waals surface area contributed by atoms with E-state index >= 15 is 0 Å². The molecule has 118 valence electrons. The fourth-order valence-corrected chi connectivity index (χ4v) is 2.97. The van der Waals surface area contributed by atoms with E-state index in [1.54, 1.807) is 0 Å². The van der Waals surface area contributed by atoms with Crippen molar-refractivity contribution in [3.05, 3.63) is 0 Å². The fraction of sp³-hybridized carbons (Fsp3) is 0.923. The van der Waals surface area contributed by atoms with Crippen molar-refractivity contribution < 1.29 is 9.53 Å². The number of rotatable bonds is 4. The zero-order valence-electron chi connectivity index (χ0n) is 12.3. The largest absolute Gasteiger partial charge is 0.373 e. The van der Waals surface area contributed by atoms with Crippen molar-refractivity contribution in [2.24, 2.45) is 5.92 Å². The molecule has 20 heavy (non-hydrogen) atoms. The molecule has 1 amide bonds. The standard InChI is InChI=1S/C13H23Cl3N2O2/c1-8(2)5-11(19)17-12(13(14,15)16)18-6-9(3)20-10(4)7-18/h8-10,12H,5-7H2,1-4H3,(H,17,19)/t9-,10-,12-/m0/s1. The van der Waals surface area contributed by atoms with Crippen LogP contribution in [0, 0.1) is 5.92 Å². The van der Waals surface area contributed by atoms with E-state index in [0.717, 1.165) is 0 Å². The highest BCUT2D eigenvalue weighted by molar-refractivity contribution is 6.68. The Bertz CT molecular complexity index is 324. The maximum Gasteiger partial charge on any atom is 0.223 e. The first kappa shape index (κ1) is 18.3. The Morgan fingerprint density at radius 2 is 1.80 bits per heavy atom. The molecule has 0 aromatic rings. The summed E-state index contributed by atoms with van der Waals surface area (Å²) in [5.74, 6) is 0.150. The van der Waals surface area contributed by atoms with Gasteiger partial charge in [-0.2, -0.15) is 0 Å². The lowest BCUT2D eigenvalue weighted by atomic mass is 10.1. The summed E-state index contributed by atoms with van der Waals surface area (Å²) in [6, 6.07) is 0. The van der Waals surface area contributed by atoms with E-state index in [0.29, 0.717) is 19.5 Å². The van der Waals surface area contributed by atoms with Crippen molar-refractivity contribution in [3.8, 4) is 0 Å². The summed E-state index contributed by atoms with van der Waals surface area (Å²) in [6.07, 6.45) is -0.161. The molecule has 0 radical (unpaired) electrons. The average molecular weight is 346 g/mol. The number of hydrogen-bond donors (Lipinski definition) is 1. The van der Waals surface area contributed by atoms with E-state index in [-0.39, 0.29) is 24.0 Å². The van der Waals surface area contributed by atoms with Gasteiger partial charge in [0.2, 0.25) is 9.70 Å². The number of ether oxygens (including phenoxy) is 1. The van der Waals surface area contributed by atoms with E-state index in [1.807, 2.05) is 32.6 Å². The molecule has 1 saturated heterocycles. The van der Waals surface area contributed by atoms with E-state index in [2.05, 4.69) is 5.32 Å². The predicted octanol–water partition coefficient (Wildman–Crippen LogP) is 2.95. The molecular formula is C13H23Cl3N2O2. The molecule has 0 saturated carbocycles. The minimum absolute atomic E-state index is 0.0376. The average Bonchev–Trinajstić information content (AvgIpc) is 2.21. The first-order valence-electron chi connectivity index (χ1n) is 6.85. The third-order valence-corrected chi connectivity index (χ3v) is 3.63. The molecule has 0 bridgehead atoms. The molecule has 0 aromatic heterocycles. The first-order chi connectivity index (χ1) is 9.09. The number of amides is 1. The van der Waals surface area contributed by atoms with Gasteiger partial charge in [0.25, 0.3) is 0 Å². The Hall–Kier alpha value is 0.260. The van der Waals surface area contributed by atoms with E-state index in [4.69, 9.17) is 39.5 Å². The van der Waals surface area contributed by atoms with Crippen LogP contribution in [0.5, 0.6) is 0 Å². The highest BCUT2D eigenvalue weighted by atomic mass is 35.6. The van der Waals surface area contributed by atoms with Gasteiger partial charge in [0.1, 0.15) is 6.17 Å². The molecule has 1 N–H and O–H groups in total. The third kappa shape index (κ3) is 5.94. The fourth-order valence-electron chi connectivity index (χ4n) is 2.39. The summed E-state index contributed by atoms with van der Waals surface area (Å²) in [5, 5.41) is 2.83. The van der Waals surface area contributed by atoms with Crippen LogP contribution >= 0.6 is 34.8 Å². The van der Waals surface area contributed by atoms with Crippen LogP contribution < -0.4 is 5.32 Å². The summed E-state index contributed by atoms with van der Waals surface area (Å²) >= 11 is 18.1. The van der Waals surface area contributed by atoms with Gasteiger partial charge < -0.3 is 10.1 Å². The molecule has 3 atom stereocenters. The number of morpholine rings is 1. The van der Waals surface area contributed by atoms with Crippen LogP contribution in [0.4, 0.5) is 0 Å². The van der Waals surface area contributed by atoms with Gasteiger partial charge in [-0.15, -0.1) is 0 Å². The third-order valence-electron chi connectivity index (χ3n) is 3.01. The highest BCUT2D eigenvalue weighted by Gasteiger charge is 2.41. The van der Waals surface area contributed by atoms with Crippen molar-refractivity contribution in [1.82, 2.24) is 10.2 Å². The molecule has 1 fully saturated rings. The molecule has 1 heterocycles. The lowest BCUT2D eigenvalue weighted by molar-refractivity contribution is -0.126. The Morgan fingerprint density at radius 3 is 2.20 bits per heavy atom. The number of halogens is 3. The molecule has 4 nitrogen and oxygen atoms in total. The van der Waals surface area contributed by atoms with E-state index in [1.165, 1.54) is 0 Å². The number of hydrogen-bond acceptors (Lipinski definition) is 3. The van der Waals surface area contributed by atoms with Crippen LogP contribution in [0.3, 0.4) is 0 Å². The second-order valence-corrected chi connectivity index (χ2v) is 8.19. The van der Waals surface area contributed by atoms with Crippen LogP contribution in [-0.2, 0) is 9.53 Å². The van der Waals surface area contributed by atoms with Crippen molar-refractivity contribution in [1.29, 1.82) is 0 Å². The number of alkyl halides is 3. The normalized spacial score (nSPS) is 26.6. The number of carbonyl (C=O) groups is 1. The molecule has 0 aliphatic carbocycles. The lowest BCUT2D eigenvalue weighted by Gasteiger charge is -2.42. The number of nitrogens with zero attached hydrogens (tertiary/aromatic N) is 1. The van der Waals surface area contributed by atoms with Gasteiger partial charge in [0.15, 0.2) is 0 Å². The second kappa shape index (κ2) is 7.50. The van der Waals surface area contributed by atoms with Gasteiger partial charge in [-0.05, 0) is 19.8 Å². The zero-order chi connectivity index (χ0) is 15.5. The van der Waals surface area contributed by atoms with Crippen LogP contribution in [0.1, 0.15) is 34.1 Å². The monoisotopic (exact) mass is 344 g/mol. The summed E-state index contributed by atoms with van der Waals surface area (Å²) in [6.45, 7) is 9.11. The maximum absolute atomic E-state index is 12.0. The maximum atomic E-state index is 12.0. The van der Waals surface area contributed by atoms with Crippen molar-refractivity contribution in [2.45, 2.75) is 56.3 Å². The van der Waals surface area contributed by atoms with Crippen molar-refractivity contribution in [3.63, 3.8) is 0 Å². The Kier molecular flexibility index (Phi) is 6.87. The van der Waals surface area contributed by atoms with Gasteiger partial charge in [-0.3, -0.25) is 9.69 Å². The molecule has 0 unspecified atom stereocenters. The molecule has 0 spiro atoms. The highest BCUT2D eigenvalue weighted by Crippen LogP contribution is 2.33. The Balaban J connectivity index is 2.76. The van der Waals surface area contributed by atoms with Crippen molar-refractivity contribution in [2.75, 3.05) is 13.1 Å². The molecular weight excluding hydrogens is 323 g/mol. The lowest BCUT2D eigenvalue weighted by Crippen LogP contribution is -2.61. The second-order valence-electron chi connectivity index (χ2n) is 5.82. The predicted molar refractivity (Wildman–Crippen MR) is 83.3 cm³/mol. The summed E-state index contributed by atoms with van der Waals surface area (Å²) in [7, 11) is 0. The van der Waals surface area contributed by atoms with Gasteiger partial charge in [0.05, 0.1) is 12.2 Å². The van der Waals surface area contributed by atoms with Crippen LogP contribution in [0.25, 0.3) is 0 Å². The summed E-state index contributed by atoms with van der Waals surface area (Å²) in [5.41, 5.74) is 0. The first-order valence-corrected chi connectivity index (χ1v) is 7.98. The minimum Gasteiger partial charge on any atom is -0.373 e. The SMILES string of the molecule is CC(C)CC(=O)N[C@@H](N1C[C@H](C)O[C@@H](C)C1)C(Cl)(Cl)Cl. The Labute approximate surface area is 136 Å². The zero-order valence-corrected chi connectivity index (χ0v) is 14.6. The molecule has 7 heteroatoms. The smallest absolute Gasteiger partial charge is 0.223 e. The quantitative estimate of drug-likeness (QED) is 0.797. The van der Waals surface area contributed by atoms with E-state index < -0.39 is 9.96 Å². The van der Waals surface area contributed by atoms with Crippen LogP contribution in [0.15, 0.2) is 0 Å². The van der Waals surface area contributed by atoms with E-state index in [9.17, 15) is 4.79 Å². The van der Waals surface area contributed by atoms with Gasteiger partial charge in [0, 0.05) is 19.5 Å². The van der Waals surface area contributed by atoms with Crippen LogP contribution in [0.2, 0.25) is 0 Å². The summed E-state index contributed by atoms with van der Waals surface area (Å²) < 4.78 is 4.09.